The van der Waals surface area contributed by atoms with Gasteiger partial charge in [-0.25, -0.2) is 8.78 Å². The summed E-state index contributed by atoms with van der Waals surface area (Å²) in [6.07, 6.45) is 3.23. The van der Waals surface area contributed by atoms with Crippen LogP contribution in [0.1, 0.15) is 40.1 Å². The Morgan fingerprint density at radius 3 is 2.72 bits per heavy atom. The van der Waals surface area contributed by atoms with Crippen LogP contribution in [0.25, 0.3) is 11.8 Å². The molecule has 0 spiro atoms. The third-order valence-electron chi connectivity index (χ3n) is 5.41. The predicted molar refractivity (Wildman–Crippen MR) is 117 cm³/mol. The van der Waals surface area contributed by atoms with Gasteiger partial charge in [-0.05, 0) is 66.6 Å². The maximum atomic E-state index is 14.5. The Morgan fingerprint density at radius 2 is 2.03 bits per heavy atom. The van der Waals surface area contributed by atoms with E-state index < -0.39 is 18.3 Å². The van der Waals surface area contributed by atoms with Crippen LogP contribution in [0.15, 0.2) is 43.0 Å². The molecule has 29 heavy (non-hydrogen) atoms. The number of thiophene rings is 1. The molecule has 1 aromatic carbocycles. The molecule has 1 aliphatic carbocycles. The molecule has 0 unspecified atom stereocenters. The molecule has 0 saturated heterocycles. The lowest BCUT2D eigenvalue weighted by Gasteiger charge is -2.19. The van der Waals surface area contributed by atoms with E-state index in [-0.39, 0.29) is 24.7 Å². The van der Waals surface area contributed by atoms with Crippen LogP contribution in [0.5, 0.6) is 0 Å². The number of allylic oxidation sites excluding steroid dienone is 1. The molecule has 1 aliphatic rings. The van der Waals surface area contributed by atoms with Crippen molar-refractivity contribution in [3.63, 3.8) is 0 Å². The Bertz CT molecular complexity index is 880. The first-order valence-corrected chi connectivity index (χ1v) is 10.9. The molecule has 2 aromatic rings. The van der Waals surface area contributed by atoms with Gasteiger partial charge in [-0.2, -0.15) is 0 Å². The fourth-order valence-corrected chi connectivity index (χ4v) is 5.14. The van der Waals surface area contributed by atoms with Crippen LogP contribution in [0.2, 0.25) is 5.02 Å². The summed E-state index contributed by atoms with van der Waals surface area (Å²) in [6, 6.07) is 8.97. The van der Waals surface area contributed by atoms with Crippen molar-refractivity contribution < 1.29 is 19.0 Å². The van der Waals surface area contributed by atoms with Gasteiger partial charge < -0.3 is 10.2 Å². The summed E-state index contributed by atoms with van der Waals surface area (Å²) < 4.78 is 28.9. The lowest BCUT2D eigenvalue weighted by atomic mass is 9.88. The van der Waals surface area contributed by atoms with Gasteiger partial charge in [0.25, 0.3) is 0 Å². The number of aryl methyl sites for hydroxylation is 1. The van der Waals surface area contributed by atoms with Gasteiger partial charge in [-0.3, -0.25) is 0 Å². The van der Waals surface area contributed by atoms with E-state index in [1.165, 1.54) is 11.3 Å². The van der Waals surface area contributed by atoms with E-state index in [4.69, 9.17) is 11.6 Å². The van der Waals surface area contributed by atoms with Gasteiger partial charge in [0.1, 0.15) is 18.1 Å². The molecule has 0 radical (unpaired) electrons. The van der Waals surface area contributed by atoms with Crippen molar-refractivity contribution in [2.24, 2.45) is 11.8 Å². The smallest absolute Gasteiger partial charge is 0.125 e. The van der Waals surface area contributed by atoms with Gasteiger partial charge in [0.05, 0.1) is 11.5 Å². The number of alkyl halides is 2. The van der Waals surface area contributed by atoms with E-state index in [1.807, 2.05) is 12.1 Å². The molecule has 0 bridgehead atoms. The van der Waals surface area contributed by atoms with E-state index >= 15 is 0 Å². The summed E-state index contributed by atoms with van der Waals surface area (Å²) in [4.78, 5) is 1.83. The van der Waals surface area contributed by atoms with Gasteiger partial charge in [0, 0.05) is 22.2 Å². The van der Waals surface area contributed by atoms with Crippen LogP contribution in [0, 0.1) is 11.8 Å². The van der Waals surface area contributed by atoms with Crippen molar-refractivity contribution in [1.82, 2.24) is 0 Å². The number of halogens is 3. The molecule has 6 heteroatoms. The standard InChI is InChI=1S/C23H25ClF2O2S/c1-14(28)23-8-6-18(29-23)3-2-4-19-20(22(26)12-21(19)25)7-5-15-9-16(13-27)11-17(24)10-15/h5-11,19-22,27-28H,1-4,12-13H2/b7-5+/t19-,20-,21-,22-/m1/s1. The van der Waals surface area contributed by atoms with Crippen molar-refractivity contribution in [1.29, 1.82) is 0 Å². The van der Waals surface area contributed by atoms with Gasteiger partial charge in [-0.1, -0.05) is 30.3 Å². The van der Waals surface area contributed by atoms with Crippen LogP contribution in [-0.4, -0.2) is 22.6 Å². The average molecular weight is 439 g/mol. The fourth-order valence-electron chi connectivity index (χ4n) is 3.96. The summed E-state index contributed by atoms with van der Waals surface area (Å²) in [7, 11) is 0. The molecule has 1 fully saturated rings. The lowest BCUT2D eigenvalue weighted by molar-refractivity contribution is 0.227. The fraction of sp³-hybridized carbons (Fsp3) is 0.391. The largest absolute Gasteiger partial charge is 0.507 e. The van der Waals surface area contributed by atoms with Crippen LogP contribution in [0.4, 0.5) is 8.78 Å². The van der Waals surface area contributed by atoms with E-state index in [0.717, 1.165) is 28.2 Å². The zero-order valence-corrected chi connectivity index (χ0v) is 17.6. The van der Waals surface area contributed by atoms with E-state index in [9.17, 15) is 19.0 Å². The summed E-state index contributed by atoms with van der Waals surface area (Å²) in [6.45, 7) is 3.39. The van der Waals surface area contributed by atoms with E-state index in [0.29, 0.717) is 17.0 Å². The minimum atomic E-state index is -1.20. The highest BCUT2D eigenvalue weighted by Crippen LogP contribution is 2.41. The average Bonchev–Trinajstić information content (AvgIpc) is 3.25. The molecule has 1 saturated carbocycles. The molecule has 2 nitrogen and oxygen atoms in total. The number of benzene rings is 1. The zero-order chi connectivity index (χ0) is 21.0. The number of aliphatic hydroxyl groups excluding tert-OH is 2. The van der Waals surface area contributed by atoms with Crippen LogP contribution in [-0.2, 0) is 13.0 Å². The second-order valence-corrected chi connectivity index (χ2v) is 9.13. The first-order valence-electron chi connectivity index (χ1n) is 9.71. The minimum absolute atomic E-state index is 0.0525. The Labute approximate surface area is 179 Å². The van der Waals surface area contributed by atoms with E-state index in [1.54, 1.807) is 30.4 Å². The Morgan fingerprint density at radius 1 is 1.24 bits per heavy atom. The van der Waals surface area contributed by atoms with Crippen molar-refractivity contribution in [2.75, 3.05) is 0 Å². The quantitative estimate of drug-likeness (QED) is 0.446. The van der Waals surface area contributed by atoms with Crippen molar-refractivity contribution >= 4 is 34.8 Å². The molecular weight excluding hydrogens is 414 g/mol. The number of aliphatic hydroxyl groups is 2. The highest BCUT2D eigenvalue weighted by molar-refractivity contribution is 7.13. The zero-order valence-electron chi connectivity index (χ0n) is 16.0. The molecular formula is C23H25ClF2O2S. The highest BCUT2D eigenvalue weighted by atomic mass is 35.5. The summed E-state index contributed by atoms with van der Waals surface area (Å²) >= 11 is 7.53. The van der Waals surface area contributed by atoms with Gasteiger partial charge in [-0.15, -0.1) is 11.3 Å². The summed E-state index contributed by atoms with van der Waals surface area (Å²) in [5.74, 6) is -0.778. The summed E-state index contributed by atoms with van der Waals surface area (Å²) in [5.41, 5.74) is 1.45. The summed E-state index contributed by atoms with van der Waals surface area (Å²) in [5, 5.41) is 19.2. The maximum absolute atomic E-state index is 14.5. The molecule has 1 heterocycles. The second kappa shape index (κ2) is 9.88. The van der Waals surface area contributed by atoms with Crippen molar-refractivity contribution in [3.8, 4) is 0 Å². The Hall–Kier alpha value is -1.69. The molecule has 2 N–H and O–H groups in total. The van der Waals surface area contributed by atoms with Crippen molar-refractivity contribution in [2.45, 2.75) is 44.6 Å². The van der Waals surface area contributed by atoms with Crippen LogP contribution in [0.3, 0.4) is 0 Å². The first-order chi connectivity index (χ1) is 13.9. The lowest BCUT2D eigenvalue weighted by Crippen LogP contribution is -2.17. The molecule has 4 atom stereocenters. The normalized spacial score (nSPS) is 24.4. The third-order valence-corrected chi connectivity index (χ3v) is 6.82. The van der Waals surface area contributed by atoms with Gasteiger partial charge in [0.15, 0.2) is 0 Å². The van der Waals surface area contributed by atoms with E-state index in [2.05, 4.69) is 6.58 Å². The SMILES string of the molecule is C=C(O)c1ccc(CCC[C@@H]2[C@@H](/C=C/c3cc(Cl)cc(CO)c3)[C@H](F)C[C@H]2F)s1. The Balaban J connectivity index is 1.63. The molecule has 1 aromatic heterocycles. The predicted octanol–water partition coefficient (Wildman–Crippen LogP) is 6.77. The first kappa shape index (κ1) is 22.0. The minimum Gasteiger partial charge on any atom is -0.507 e. The van der Waals surface area contributed by atoms with Crippen LogP contribution >= 0.6 is 22.9 Å². The second-order valence-electron chi connectivity index (χ2n) is 7.52. The number of rotatable bonds is 8. The maximum Gasteiger partial charge on any atom is 0.125 e. The van der Waals surface area contributed by atoms with Gasteiger partial charge >= 0.3 is 0 Å². The van der Waals surface area contributed by atoms with Crippen LogP contribution < -0.4 is 0 Å². The highest BCUT2D eigenvalue weighted by Gasteiger charge is 2.42. The molecule has 0 amide bonds. The van der Waals surface area contributed by atoms with Gasteiger partial charge in [0.2, 0.25) is 0 Å². The monoisotopic (exact) mass is 438 g/mol. The molecule has 0 aliphatic heterocycles. The number of hydrogen-bond donors (Lipinski definition) is 2. The molecule has 156 valence electrons. The topological polar surface area (TPSA) is 40.5 Å². The van der Waals surface area contributed by atoms with Crippen molar-refractivity contribution in [3.05, 3.63) is 68.9 Å². The Kier molecular flexibility index (Phi) is 7.49. The molecule has 3 rings (SSSR count). The number of hydrogen-bond acceptors (Lipinski definition) is 3. The third kappa shape index (κ3) is 5.68.